The van der Waals surface area contributed by atoms with E-state index in [-0.39, 0.29) is 19.1 Å². The van der Waals surface area contributed by atoms with E-state index in [4.69, 9.17) is 18.9 Å². The van der Waals surface area contributed by atoms with Crippen LogP contribution in [0.4, 0.5) is 5.69 Å². The van der Waals surface area contributed by atoms with Gasteiger partial charge in [0.2, 0.25) is 12.7 Å². The first-order valence-electron chi connectivity index (χ1n) is 9.34. The molecule has 154 valence electrons. The largest absolute Gasteiger partial charge is 0.497 e. The predicted molar refractivity (Wildman–Crippen MR) is 111 cm³/mol. The number of nitrogens with one attached hydrogen (secondary N) is 2. The fourth-order valence-electron chi connectivity index (χ4n) is 3.14. The minimum Gasteiger partial charge on any atom is -0.497 e. The lowest BCUT2D eigenvalue weighted by atomic mass is 10.2. The molecule has 0 spiro atoms. The number of methoxy groups -OCH3 is 1. The average Bonchev–Trinajstić information content (AvgIpc) is 3.36. The topological polar surface area (TPSA) is 98.9 Å². The number of amides is 1. The lowest BCUT2D eigenvalue weighted by Gasteiger charge is -2.06. The minimum absolute atomic E-state index is 0.171. The van der Waals surface area contributed by atoms with E-state index >= 15 is 0 Å². The second kappa shape index (κ2) is 8.20. The van der Waals surface area contributed by atoms with Gasteiger partial charge in [0.15, 0.2) is 11.5 Å². The maximum atomic E-state index is 12.6. The van der Waals surface area contributed by atoms with Crippen molar-refractivity contribution in [2.24, 2.45) is 0 Å². The van der Waals surface area contributed by atoms with E-state index in [2.05, 4.69) is 10.3 Å². The molecule has 1 aliphatic rings. The van der Waals surface area contributed by atoms with Gasteiger partial charge in [0.1, 0.15) is 11.4 Å². The molecular weight excluding hydrogens is 388 g/mol. The summed E-state index contributed by atoms with van der Waals surface area (Å²) in [7, 11) is 1.55. The molecule has 0 saturated heterocycles. The number of anilines is 1. The van der Waals surface area contributed by atoms with Crippen molar-refractivity contribution < 1.29 is 28.5 Å². The van der Waals surface area contributed by atoms with E-state index in [1.807, 2.05) is 6.07 Å². The van der Waals surface area contributed by atoms with Crippen LogP contribution in [0.25, 0.3) is 17.0 Å². The molecule has 3 aromatic rings. The third-order valence-corrected chi connectivity index (χ3v) is 4.56. The van der Waals surface area contributed by atoms with Crippen LogP contribution in [0.3, 0.4) is 0 Å². The normalized spacial score (nSPS) is 12.3. The van der Waals surface area contributed by atoms with E-state index in [1.165, 1.54) is 6.08 Å². The van der Waals surface area contributed by atoms with Gasteiger partial charge in [-0.05, 0) is 48.9 Å². The Morgan fingerprint density at radius 1 is 1.17 bits per heavy atom. The molecule has 0 radical (unpaired) electrons. The maximum Gasteiger partial charge on any atom is 0.356 e. The van der Waals surface area contributed by atoms with Crippen molar-refractivity contribution in [2.45, 2.75) is 6.92 Å². The highest BCUT2D eigenvalue weighted by molar-refractivity contribution is 6.13. The molecule has 2 heterocycles. The van der Waals surface area contributed by atoms with Crippen molar-refractivity contribution in [1.82, 2.24) is 4.98 Å². The van der Waals surface area contributed by atoms with Crippen LogP contribution in [0.2, 0.25) is 0 Å². The fourth-order valence-corrected chi connectivity index (χ4v) is 3.14. The second-order valence-electron chi connectivity index (χ2n) is 6.44. The molecule has 0 unspecified atom stereocenters. The van der Waals surface area contributed by atoms with E-state index in [1.54, 1.807) is 50.4 Å². The summed E-state index contributed by atoms with van der Waals surface area (Å²) in [5, 5.41) is 3.42. The van der Waals surface area contributed by atoms with Crippen LogP contribution in [0.5, 0.6) is 17.2 Å². The monoisotopic (exact) mass is 408 g/mol. The van der Waals surface area contributed by atoms with Gasteiger partial charge in [-0.25, -0.2) is 4.79 Å². The summed E-state index contributed by atoms with van der Waals surface area (Å²) in [6.07, 6.45) is 3.03. The summed E-state index contributed by atoms with van der Waals surface area (Å²) in [4.78, 5) is 28.0. The zero-order valence-electron chi connectivity index (χ0n) is 16.5. The number of aromatic amines is 1. The molecule has 8 nitrogen and oxygen atoms in total. The number of ether oxygens (including phenoxy) is 4. The zero-order valence-corrected chi connectivity index (χ0v) is 16.5. The number of carbonyl (C=O) groups is 2. The summed E-state index contributed by atoms with van der Waals surface area (Å²) >= 11 is 0. The number of benzene rings is 2. The van der Waals surface area contributed by atoms with Crippen LogP contribution < -0.4 is 19.5 Å². The molecular formula is C22H20N2O6. The van der Waals surface area contributed by atoms with Gasteiger partial charge in [0.05, 0.1) is 19.4 Å². The molecule has 0 saturated carbocycles. The number of esters is 1. The maximum absolute atomic E-state index is 12.6. The highest BCUT2D eigenvalue weighted by atomic mass is 16.7. The first-order valence-corrected chi connectivity index (χ1v) is 9.34. The molecule has 2 N–H and O–H groups in total. The third kappa shape index (κ3) is 3.80. The molecule has 0 bridgehead atoms. The van der Waals surface area contributed by atoms with Gasteiger partial charge in [0.25, 0.3) is 0 Å². The van der Waals surface area contributed by atoms with Crippen LogP contribution in [-0.2, 0) is 9.53 Å². The summed E-state index contributed by atoms with van der Waals surface area (Å²) in [5.41, 5.74) is 1.96. The summed E-state index contributed by atoms with van der Waals surface area (Å²) in [6, 6.07) is 10.7. The SMILES string of the molecule is CCOC(=O)c1[nH]c2ccc(OC)cc2c1NC(=O)/C=C/c1ccc2c(c1)OCO2. The Labute approximate surface area is 172 Å². The molecule has 2 aromatic carbocycles. The smallest absolute Gasteiger partial charge is 0.356 e. The van der Waals surface area contributed by atoms with Crippen LogP contribution in [-0.4, -0.2) is 37.4 Å². The number of hydrogen-bond acceptors (Lipinski definition) is 6. The van der Waals surface area contributed by atoms with Gasteiger partial charge >= 0.3 is 5.97 Å². The van der Waals surface area contributed by atoms with Crippen molar-refractivity contribution in [3.8, 4) is 17.2 Å². The van der Waals surface area contributed by atoms with E-state index in [0.29, 0.717) is 33.8 Å². The summed E-state index contributed by atoms with van der Waals surface area (Å²) in [5.74, 6) is 0.947. The average molecular weight is 408 g/mol. The molecule has 4 rings (SSSR count). The Bertz CT molecular complexity index is 1150. The summed E-state index contributed by atoms with van der Waals surface area (Å²) < 4.78 is 21.0. The molecule has 1 aliphatic heterocycles. The Balaban J connectivity index is 1.61. The minimum atomic E-state index is -0.553. The molecule has 0 aliphatic carbocycles. The van der Waals surface area contributed by atoms with Crippen molar-refractivity contribution >= 4 is 34.5 Å². The van der Waals surface area contributed by atoms with Crippen LogP contribution in [0.1, 0.15) is 23.0 Å². The van der Waals surface area contributed by atoms with Gasteiger partial charge in [-0.2, -0.15) is 0 Å². The van der Waals surface area contributed by atoms with Crippen molar-refractivity contribution in [2.75, 3.05) is 25.8 Å². The number of rotatable bonds is 6. The molecule has 8 heteroatoms. The quantitative estimate of drug-likeness (QED) is 0.476. The molecule has 0 atom stereocenters. The van der Waals surface area contributed by atoms with Gasteiger partial charge in [0, 0.05) is 17.0 Å². The van der Waals surface area contributed by atoms with E-state index < -0.39 is 11.9 Å². The predicted octanol–water partition coefficient (Wildman–Crippen LogP) is 3.73. The van der Waals surface area contributed by atoms with Gasteiger partial charge < -0.3 is 29.2 Å². The molecule has 1 amide bonds. The van der Waals surface area contributed by atoms with Crippen molar-refractivity contribution in [3.63, 3.8) is 0 Å². The number of fused-ring (bicyclic) bond motifs is 2. The Morgan fingerprint density at radius 2 is 2.00 bits per heavy atom. The van der Waals surface area contributed by atoms with Crippen molar-refractivity contribution in [3.05, 3.63) is 53.7 Å². The van der Waals surface area contributed by atoms with E-state index in [9.17, 15) is 9.59 Å². The molecule has 30 heavy (non-hydrogen) atoms. The lowest BCUT2D eigenvalue weighted by Crippen LogP contribution is -2.13. The Kier molecular flexibility index (Phi) is 5.30. The highest BCUT2D eigenvalue weighted by Crippen LogP contribution is 2.33. The van der Waals surface area contributed by atoms with E-state index in [0.717, 1.165) is 5.56 Å². The summed E-state index contributed by atoms with van der Waals surface area (Å²) in [6.45, 7) is 2.12. The van der Waals surface area contributed by atoms with Crippen LogP contribution in [0, 0.1) is 0 Å². The first kappa shape index (κ1) is 19.4. The lowest BCUT2D eigenvalue weighted by molar-refractivity contribution is -0.111. The first-order chi connectivity index (χ1) is 14.6. The highest BCUT2D eigenvalue weighted by Gasteiger charge is 2.20. The molecule has 1 aromatic heterocycles. The van der Waals surface area contributed by atoms with Gasteiger partial charge in [-0.15, -0.1) is 0 Å². The molecule has 0 fully saturated rings. The van der Waals surface area contributed by atoms with Crippen LogP contribution >= 0.6 is 0 Å². The van der Waals surface area contributed by atoms with Gasteiger partial charge in [-0.1, -0.05) is 6.07 Å². The van der Waals surface area contributed by atoms with Gasteiger partial charge in [-0.3, -0.25) is 4.79 Å². The number of aromatic nitrogens is 1. The second-order valence-corrected chi connectivity index (χ2v) is 6.44. The number of carbonyl (C=O) groups excluding carboxylic acids is 2. The van der Waals surface area contributed by atoms with Crippen LogP contribution in [0.15, 0.2) is 42.5 Å². The Morgan fingerprint density at radius 3 is 2.80 bits per heavy atom. The zero-order chi connectivity index (χ0) is 21.1. The Hall–Kier alpha value is -3.94. The standard InChI is InChI=1S/C22H20N2O6/c1-3-28-22(26)21-20(15-11-14(27-2)6-7-16(15)23-21)24-19(25)9-5-13-4-8-17-18(10-13)30-12-29-17/h4-11,23H,3,12H2,1-2H3,(H,24,25)/b9-5+. The van der Waals surface area contributed by atoms with Crippen molar-refractivity contribution in [1.29, 1.82) is 0 Å². The third-order valence-electron chi connectivity index (χ3n) is 4.56. The fraction of sp³-hybridized carbons (Fsp3) is 0.182. The number of H-pyrrole nitrogens is 1. The number of hydrogen-bond donors (Lipinski definition) is 2.